The van der Waals surface area contributed by atoms with Crippen molar-refractivity contribution in [2.24, 2.45) is 0 Å². The van der Waals surface area contributed by atoms with E-state index in [9.17, 15) is 0 Å². The smallest absolute Gasteiger partial charge is 0.0594 e. The first-order valence-corrected chi connectivity index (χ1v) is 5.42. The Morgan fingerprint density at radius 1 is 1.50 bits per heavy atom. The summed E-state index contributed by atoms with van der Waals surface area (Å²) >= 11 is 0. The van der Waals surface area contributed by atoms with E-state index in [-0.39, 0.29) is 0 Å². The summed E-state index contributed by atoms with van der Waals surface area (Å²) in [5.74, 6) is 0. The summed E-state index contributed by atoms with van der Waals surface area (Å²) in [5, 5.41) is 3.32. The summed E-state index contributed by atoms with van der Waals surface area (Å²) in [5.41, 5.74) is 3.13. The second-order valence-electron chi connectivity index (χ2n) is 3.45. The monoisotopic (exact) mass is 214 g/mol. The number of nitrogens with zero attached hydrogens (tertiary/aromatic N) is 1. The summed E-state index contributed by atoms with van der Waals surface area (Å²) in [7, 11) is 0. The molecule has 16 heavy (non-hydrogen) atoms. The lowest BCUT2D eigenvalue weighted by molar-refractivity contribution is 0.785. The quantitative estimate of drug-likeness (QED) is 0.735. The summed E-state index contributed by atoms with van der Waals surface area (Å²) < 4.78 is 0. The number of pyridine rings is 1. The van der Waals surface area contributed by atoms with Crippen LogP contribution in [-0.2, 0) is 6.54 Å². The highest BCUT2D eigenvalue weighted by molar-refractivity contribution is 5.29. The van der Waals surface area contributed by atoms with Gasteiger partial charge in [-0.2, -0.15) is 0 Å². The predicted molar refractivity (Wildman–Crippen MR) is 68.8 cm³/mol. The van der Waals surface area contributed by atoms with Gasteiger partial charge in [0.25, 0.3) is 0 Å². The first-order valence-electron chi connectivity index (χ1n) is 5.42. The average Bonchev–Trinajstić information content (AvgIpc) is 2.34. The molecular weight excluding hydrogens is 196 g/mol. The van der Waals surface area contributed by atoms with Crippen molar-refractivity contribution < 1.29 is 0 Å². The zero-order chi connectivity index (χ0) is 11.8. The number of aromatic nitrogens is 1. The third-order valence-corrected chi connectivity index (χ3v) is 2.28. The first kappa shape index (κ1) is 12.2. The van der Waals surface area contributed by atoms with Crippen molar-refractivity contribution >= 4 is 0 Å². The SMILES string of the molecule is C=C/C=C(/NCc1ccccn1)C(=C)CC. The Bertz CT molecular complexity index is 377. The number of hydrogen-bond acceptors (Lipinski definition) is 2. The highest BCUT2D eigenvalue weighted by Crippen LogP contribution is 2.09. The molecule has 1 N–H and O–H groups in total. The van der Waals surface area contributed by atoms with Gasteiger partial charge in [0.15, 0.2) is 0 Å². The van der Waals surface area contributed by atoms with Gasteiger partial charge < -0.3 is 5.32 Å². The van der Waals surface area contributed by atoms with Crippen LogP contribution in [0.3, 0.4) is 0 Å². The molecule has 0 aromatic carbocycles. The van der Waals surface area contributed by atoms with E-state index in [1.165, 1.54) is 0 Å². The van der Waals surface area contributed by atoms with Gasteiger partial charge in [-0.25, -0.2) is 0 Å². The van der Waals surface area contributed by atoms with Crippen LogP contribution in [0.1, 0.15) is 19.0 Å². The molecule has 0 atom stereocenters. The van der Waals surface area contributed by atoms with Crippen LogP contribution in [-0.4, -0.2) is 4.98 Å². The fraction of sp³-hybridized carbons (Fsp3) is 0.214. The van der Waals surface area contributed by atoms with Gasteiger partial charge in [-0.1, -0.05) is 32.2 Å². The second-order valence-corrected chi connectivity index (χ2v) is 3.45. The van der Waals surface area contributed by atoms with Crippen molar-refractivity contribution in [1.29, 1.82) is 0 Å². The highest BCUT2D eigenvalue weighted by atomic mass is 14.9. The van der Waals surface area contributed by atoms with Crippen molar-refractivity contribution in [3.8, 4) is 0 Å². The molecule has 1 aromatic rings. The fourth-order valence-electron chi connectivity index (χ4n) is 1.30. The van der Waals surface area contributed by atoms with Crippen LogP contribution in [0.25, 0.3) is 0 Å². The third kappa shape index (κ3) is 3.73. The molecular formula is C14H18N2. The lowest BCUT2D eigenvalue weighted by Crippen LogP contribution is -2.14. The third-order valence-electron chi connectivity index (χ3n) is 2.28. The largest absolute Gasteiger partial charge is 0.379 e. The van der Waals surface area contributed by atoms with E-state index in [4.69, 9.17) is 0 Å². The fourth-order valence-corrected chi connectivity index (χ4v) is 1.30. The van der Waals surface area contributed by atoms with Gasteiger partial charge in [-0.3, -0.25) is 4.98 Å². The maximum Gasteiger partial charge on any atom is 0.0594 e. The molecule has 2 heteroatoms. The lowest BCUT2D eigenvalue weighted by Gasteiger charge is -2.11. The van der Waals surface area contributed by atoms with Crippen LogP contribution in [0, 0.1) is 0 Å². The lowest BCUT2D eigenvalue weighted by atomic mass is 10.1. The molecule has 0 radical (unpaired) electrons. The minimum Gasteiger partial charge on any atom is -0.379 e. The Kier molecular flexibility index (Phi) is 5.06. The van der Waals surface area contributed by atoms with Crippen molar-refractivity contribution in [2.45, 2.75) is 19.9 Å². The van der Waals surface area contributed by atoms with Gasteiger partial charge in [-0.15, -0.1) is 0 Å². The van der Waals surface area contributed by atoms with Crippen LogP contribution < -0.4 is 5.32 Å². The molecule has 1 rings (SSSR count). The molecule has 0 saturated heterocycles. The van der Waals surface area contributed by atoms with Crippen molar-refractivity contribution in [3.63, 3.8) is 0 Å². The van der Waals surface area contributed by atoms with Gasteiger partial charge >= 0.3 is 0 Å². The number of rotatable bonds is 6. The van der Waals surface area contributed by atoms with Crippen LogP contribution in [0.15, 0.2) is 61.0 Å². The highest BCUT2D eigenvalue weighted by Gasteiger charge is 1.99. The molecule has 84 valence electrons. The molecule has 2 nitrogen and oxygen atoms in total. The number of nitrogens with one attached hydrogen (secondary N) is 1. The minimum atomic E-state index is 0.708. The average molecular weight is 214 g/mol. The van der Waals surface area contributed by atoms with Crippen molar-refractivity contribution in [1.82, 2.24) is 10.3 Å². The molecule has 0 bridgehead atoms. The molecule has 0 fully saturated rings. The van der Waals surface area contributed by atoms with E-state index in [2.05, 4.69) is 30.4 Å². The van der Waals surface area contributed by atoms with E-state index in [1.807, 2.05) is 24.3 Å². The van der Waals surface area contributed by atoms with Crippen LogP contribution in [0.2, 0.25) is 0 Å². The number of hydrogen-bond donors (Lipinski definition) is 1. The summed E-state index contributed by atoms with van der Waals surface area (Å²) in [6.07, 6.45) is 6.42. The van der Waals surface area contributed by atoms with Crippen molar-refractivity contribution in [3.05, 3.63) is 66.7 Å². The maximum absolute atomic E-state index is 4.25. The Balaban J connectivity index is 2.61. The van der Waals surface area contributed by atoms with Crippen LogP contribution in [0.4, 0.5) is 0 Å². The Hall–Kier alpha value is -1.83. The Morgan fingerprint density at radius 3 is 2.88 bits per heavy atom. The molecule has 0 spiro atoms. The molecule has 0 amide bonds. The number of allylic oxidation sites excluding steroid dienone is 3. The van der Waals surface area contributed by atoms with Gasteiger partial charge in [-0.05, 0) is 30.2 Å². The zero-order valence-corrected chi connectivity index (χ0v) is 9.74. The topological polar surface area (TPSA) is 24.9 Å². The van der Waals surface area contributed by atoms with Crippen molar-refractivity contribution in [2.75, 3.05) is 0 Å². The molecule has 0 aliphatic rings. The second kappa shape index (κ2) is 6.62. The Labute approximate surface area is 97.4 Å². The van der Waals surface area contributed by atoms with E-state index in [1.54, 1.807) is 12.3 Å². The molecule has 0 aliphatic heterocycles. The van der Waals surface area contributed by atoms with E-state index >= 15 is 0 Å². The minimum absolute atomic E-state index is 0.708. The molecule has 0 saturated carbocycles. The van der Waals surface area contributed by atoms with Gasteiger partial charge in [0.05, 0.1) is 12.2 Å². The maximum atomic E-state index is 4.25. The molecule has 0 unspecified atom stereocenters. The van der Waals surface area contributed by atoms with Gasteiger partial charge in [0.2, 0.25) is 0 Å². The molecule has 0 aliphatic carbocycles. The van der Waals surface area contributed by atoms with Gasteiger partial charge in [0.1, 0.15) is 0 Å². The standard InChI is InChI=1S/C14H18N2/c1-4-8-14(12(3)5-2)16-11-13-9-6-7-10-15-13/h4,6-10,16H,1,3,5,11H2,2H3/b14-8+. The van der Waals surface area contributed by atoms with Gasteiger partial charge in [0, 0.05) is 11.9 Å². The normalized spacial score (nSPS) is 10.9. The van der Waals surface area contributed by atoms with E-state index in [0.29, 0.717) is 6.54 Å². The Morgan fingerprint density at radius 2 is 2.31 bits per heavy atom. The van der Waals surface area contributed by atoms with Crippen LogP contribution in [0.5, 0.6) is 0 Å². The summed E-state index contributed by atoms with van der Waals surface area (Å²) in [4.78, 5) is 4.25. The first-order chi connectivity index (χ1) is 7.77. The van der Waals surface area contributed by atoms with E-state index in [0.717, 1.165) is 23.4 Å². The summed E-state index contributed by atoms with van der Waals surface area (Å²) in [6, 6.07) is 5.89. The molecule has 1 aromatic heterocycles. The van der Waals surface area contributed by atoms with E-state index < -0.39 is 0 Å². The molecule has 1 heterocycles. The predicted octanol–water partition coefficient (Wildman–Crippen LogP) is 3.21. The van der Waals surface area contributed by atoms with Crippen LogP contribution >= 0.6 is 0 Å². The zero-order valence-electron chi connectivity index (χ0n) is 9.74. The summed E-state index contributed by atoms with van der Waals surface area (Å²) in [6.45, 7) is 10.5.